The average molecular weight is 547 g/mol. The fourth-order valence-electron chi connectivity index (χ4n) is 3.81. The largest absolute Gasteiger partial charge is 0.508 e. The molecule has 0 aliphatic heterocycles. The zero-order valence-corrected chi connectivity index (χ0v) is 22.2. The molecule has 3 aromatic rings. The maximum atomic E-state index is 13.1. The van der Waals surface area contributed by atoms with Crippen LogP contribution in [0.1, 0.15) is 23.6 Å². The lowest BCUT2D eigenvalue weighted by Crippen LogP contribution is -2.54. The standard InChI is InChI=1S/C30H34N4O6/c1-20(30(39)40-19-23-10-6-3-7-11-23)33-29(38)26(17-21-8-4-2-5-9-21)34-27(36)18-32-28(37)25(31)16-22-12-14-24(35)15-13-22/h2-15,20,25-26,35H,16-19,31H2,1H3,(H,32,37)(H,33,38)(H,34,36)/t20-,25-,26-/m0/s1. The van der Waals surface area contributed by atoms with Gasteiger partial charge in [-0.05, 0) is 42.2 Å². The highest BCUT2D eigenvalue weighted by molar-refractivity contribution is 5.92. The second-order valence-corrected chi connectivity index (χ2v) is 9.33. The number of aromatic hydroxyl groups is 1. The van der Waals surface area contributed by atoms with Crippen molar-refractivity contribution in [2.45, 2.75) is 44.5 Å². The average Bonchev–Trinajstić information content (AvgIpc) is 2.96. The Bertz CT molecular complexity index is 1270. The Morgan fingerprint density at radius 2 is 1.35 bits per heavy atom. The van der Waals surface area contributed by atoms with Crippen molar-refractivity contribution in [1.82, 2.24) is 16.0 Å². The van der Waals surface area contributed by atoms with Crippen LogP contribution in [0.3, 0.4) is 0 Å². The molecular formula is C30H34N4O6. The first kappa shape index (κ1) is 29.9. The highest BCUT2D eigenvalue weighted by Crippen LogP contribution is 2.11. The molecule has 40 heavy (non-hydrogen) atoms. The third-order valence-corrected chi connectivity index (χ3v) is 6.02. The first-order chi connectivity index (χ1) is 19.2. The summed E-state index contributed by atoms with van der Waals surface area (Å²) in [5.41, 5.74) is 8.31. The fourth-order valence-corrected chi connectivity index (χ4v) is 3.81. The maximum absolute atomic E-state index is 13.1. The Labute approximate surface area is 232 Å². The van der Waals surface area contributed by atoms with E-state index in [2.05, 4.69) is 16.0 Å². The number of phenols is 1. The maximum Gasteiger partial charge on any atom is 0.328 e. The molecule has 3 rings (SSSR count). The van der Waals surface area contributed by atoms with Crippen LogP contribution in [0.2, 0.25) is 0 Å². The molecule has 0 saturated carbocycles. The molecule has 10 heteroatoms. The number of ether oxygens (including phenoxy) is 1. The third kappa shape index (κ3) is 9.88. The van der Waals surface area contributed by atoms with E-state index in [1.165, 1.54) is 19.1 Å². The molecule has 0 fully saturated rings. The van der Waals surface area contributed by atoms with Gasteiger partial charge >= 0.3 is 5.97 Å². The van der Waals surface area contributed by atoms with Crippen LogP contribution in [0, 0.1) is 0 Å². The predicted octanol–water partition coefficient (Wildman–Crippen LogP) is 1.35. The van der Waals surface area contributed by atoms with E-state index in [1.54, 1.807) is 12.1 Å². The number of hydrogen-bond acceptors (Lipinski definition) is 7. The number of carbonyl (C=O) groups excluding carboxylic acids is 4. The summed E-state index contributed by atoms with van der Waals surface area (Å²) in [4.78, 5) is 50.6. The SMILES string of the molecule is C[C@H](NC(=O)[C@H](Cc1ccccc1)NC(=O)CNC(=O)[C@@H](N)Cc1ccc(O)cc1)C(=O)OCc1ccccc1. The predicted molar refractivity (Wildman–Crippen MR) is 149 cm³/mol. The third-order valence-electron chi connectivity index (χ3n) is 6.02. The summed E-state index contributed by atoms with van der Waals surface area (Å²) >= 11 is 0. The van der Waals surface area contributed by atoms with Gasteiger partial charge in [0.05, 0.1) is 12.6 Å². The summed E-state index contributed by atoms with van der Waals surface area (Å²) in [6, 6.07) is 21.7. The van der Waals surface area contributed by atoms with Crippen molar-refractivity contribution in [1.29, 1.82) is 0 Å². The molecule has 0 heterocycles. The zero-order valence-electron chi connectivity index (χ0n) is 22.2. The summed E-state index contributed by atoms with van der Waals surface area (Å²) in [6.45, 7) is 1.18. The molecule has 0 saturated heterocycles. The van der Waals surface area contributed by atoms with Gasteiger partial charge in [-0.15, -0.1) is 0 Å². The van der Waals surface area contributed by atoms with Crippen molar-refractivity contribution < 1.29 is 29.0 Å². The normalized spacial score (nSPS) is 12.8. The highest BCUT2D eigenvalue weighted by atomic mass is 16.5. The van der Waals surface area contributed by atoms with Crippen LogP contribution in [0.5, 0.6) is 5.75 Å². The van der Waals surface area contributed by atoms with Crippen LogP contribution < -0.4 is 21.7 Å². The molecular weight excluding hydrogens is 512 g/mol. The van der Waals surface area contributed by atoms with Gasteiger partial charge in [-0.3, -0.25) is 14.4 Å². The van der Waals surface area contributed by atoms with E-state index < -0.39 is 48.4 Å². The number of rotatable bonds is 13. The molecule has 10 nitrogen and oxygen atoms in total. The Morgan fingerprint density at radius 3 is 1.98 bits per heavy atom. The molecule has 210 valence electrons. The number of phenolic OH excluding ortho intramolecular Hbond substituents is 1. The van der Waals surface area contributed by atoms with Crippen molar-refractivity contribution in [3.8, 4) is 5.75 Å². The van der Waals surface area contributed by atoms with E-state index in [-0.39, 0.29) is 25.2 Å². The van der Waals surface area contributed by atoms with E-state index in [0.717, 1.165) is 16.7 Å². The number of benzene rings is 3. The molecule has 0 spiro atoms. The Kier molecular flexibility index (Phi) is 11.2. The molecule has 0 unspecified atom stereocenters. The monoisotopic (exact) mass is 546 g/mol. The summed E-state index contributed by atoms with van der Waals surface area (Å²) in [5, 5.41) is 17.1. The van der Waals surface area contributed by atoms with Crippen molar-refractivity contribution in [3.05, 3.63) is 102 Å². The van der Waals surface area contributed by atoms with Crippen LogP contribution in [-0.4, -0.2) is 53.5 Å². The molecule has 0 aliphatic rings. The Morgan fingerprint density at radius 1 is 0.775 bits per heavy atom. The molecule has 3 atom stereocenters. The Hall–Kier alpha value is -4.70. The molecule has 3 aromatic carbocycles. The van der Waals surface area contributed by atoms with Gasteiger partial charge in [0, 0.05) is 6.42 Å². The summed E-state index contributed by atoms with van der Waals surface area (Å²) in [5.74, 6) is -2.22. The van der Waals surface area contributed by atoms with E-state index in [0.29, 0.717) is 0 Å². The lowest BCUT2D eigenvalue weighted by atomic mass is 10.0. The van der Waals surface area contributed by atoms with Crippen LogP contribution in [0.25, 0.3) is 0 Å². The van der Waals surface area contributed by atoms with E-state index >= 15 is 0 Å². The molecule has 6 N–H and O–H groups in total. The Balaban J connectivity index is 1.54. The highest BCUT2D eigenvalue weighted by Gasteiger charge is 2.26. The minimum Gasteiger partial charge on any atom is -0.508 e. The van der Waals surface area contributed by atoms with Crippen molar-refractivity contribution in [2.75, 3.05) is 6.54 Å². The van der Waals surface area contributed by atoms with E-state index in [9.17, 15) is 24.3 Å². The van der Waals surface area contributed by atoms with E-state index in [4.69, 9.17) is 10.5 Å². The smallest absolute Gasteiger partial charge is 0.328 e. The van der Waals surface area contributed by atoms with E-state index in [1.807, 2.05) is 60.7 Å². The molecule has 0 bridgehead atoms. The number of carbonyl (C=O) groups is 4. The minimum absolute atomic E-state index is 0.0681. The first-order valence-electron chi connectivity index (χ1n) is 12.9. The molecule has 0 aromatic heterocycles. The number of hydrogen-bond donors (Lipinski definition) is 5. The van der Waals surface area contributed by atoms with Gasteiger partial charge < -0.3 is 31.5 Å². The molecule has 3 amide bonds. The van der Waals surface area contributed by atoms with Gasteiger partial charge in [0.1, 0.15) is 24.4 Å². The van der Waals surface area contributed by atoms with Crippen molar-refractivity contribution in [3.63, 3.8) is 0 Å². The molecule has 0 aliphatic carbocycles. The summed E-state index contributed by atoms with van der Waals surface area (Å²) in [6.07, 6.45) is 0.379. The summed E-state index contributed by atoms with van der Waals surface area (Å²) in [7, 11) is 0. The second kappa shape index (κ2) is 15.0. The fraction of sp³-hybridized carbons (Fsp3) is 0.267. The van der Waals surface area contributed by atoms with Crippen LogP contribution in [0.15, 0.2) is 84.9 Å². The van der Waals surface area contributed by atoms with Crippen molar-refractivity contribution in [2.24, 2.45) is 5.73 Å². The molecule has 0 radical (unpaired) electrons. The van der Waals surface area contributed by atoms with Gasteiger partial charge in [0.25, 0.3) is 0 Å². The first-order valence-corrected chi connectivity index (χ1v) is 12.9. The number of nitrogens with two attached hydrogens (primary N) is 1. The van der Waals surface area contributed by atoms with Crippen LogP contribution in [0.4, 0.5) is 0 Å². The van der Waals surface area contributed by atoms with Crippen molar-refractivity contribution >= 4 is 23.7 Å². The topological polar surface area (TPSA) is 160 Å². The van der Waals surface area contributed by atoms with Crippen LogP contribution in [-0.2, 0) is 43.4 Å². The van der Waals surface area contributed by atoms with Gasteiger partial charge in [-0.2, -0.15) is 0 Å². The van der Waals surface area contributed by atoms with Gasteiger partial charge in [0.15, 0.2) is 0 Å². The number of amides is 3. The van der Waals surface area contributed by atoms with Gasteiger partial charge in [-0.1, -0.05) is 72.8 Å². The lowest BCUT2D eigenvalue weighted by Gasteiger charge is -2.21. The summed E-state index contributed by atoms with van der Waals surface area (Å²) < 4.78 is 5.29. The number of esters is 1. The van der Waals surface area contributed by atoms with Gasteiger partial charge in [0.2, 0.25) is 17.7 Å². The zero-order chi connectivity index (χ0) is 28.9. The quantitative estimate of drug-likeness (QED) is 0.202. The minimum atomic E-state index is -1.01. The number of nitrogens with one attached hydrogen (secondary N) is 3. The lowest BCUT2D eigenvalue weighted by molar-refractivity contribution is -0.148. The van der Waals surface area contributed by atoms with Gasteiger partial charge in [-0.25, -0.2) is 4.79 Å². The van der Waals surface area contributed by atoms with Crippen LogP contribution >= 0.6 is 0 Å². The second-order valence-electron chi connectivity index (χ2n) is 9.33.